The van der Waals surface area contributed by atoms with Crippen molar-refractivity contribution in [1.29, 1.82) is 0 Å². The van der Waals surface area contributed by atoms with E-state index in [1.54, 1.807) is 4.57 Å². The fourth-order valence-electron chi connectivity index (χ4n) is 2.29. The number of H-pyrrole nitrogens is 1. The van der Waals surface area contributed by atoms with E-state index in [0.29, 0.717) is 6.54 Å². The molecule has 3 nitrogen and oxygen atoms in total. The molecule has 2 aromatic carbocycles. The van der Waals surface area contributed by atoms with Crippen molar-refractivity contribution in [3.8, 4) is 0 Å². The average molecular weight is 317 g/mol. The van der Waals surface area contributed by atoms with Gasteiger partial charge in [-0.05, 0) is 30.7 Å². The maximum Gasteiger partial charge on any atom is 0.326 e. The molecule has 1 heterocycles. The fourth-order valence-corrected chi connectivity index (χ4v) is 2.65. The van der Waals surface area contributed by atoms with Crippen LogP contribution in [0.1, 0.15) is 11.1 Å². The minimum absolute atomic E-state index is 0.0744. The highest BCUT2D eigenvalue weighted by Gasteiger charge is 2.07. The van der Waals surface area contributed by atoms with Crippen molar-refractivity contribution in [2.24, 2.45) is 0 Å². The summed E-state index contributed by atoms with van der Waals surface area (Å²) in [6.45, 7) is 2.64. The normalized spacial score (nSPS) is 11.1. The number of halogens is 1. The SMILES string of the molecule is Cc1cccc(Cn2c(=O)[nH]c3cc(Br)ccc32)c1. The van der Waals surface area contributed by atoms with E-state index >= 15 is 0 Å². The van der Waals surface area contributed by atoms with Crippen LogP contribution in [0.2, 0.25) is 0 Å². The Morgan fingerprint density at radius 3 is 2.84 bits per heavy atom. The number of nitrogens with zero attached hydrogens (tertiary/aromatic N) is 1. The Labute approximate surface area is 119 Å². The van der Waals surface area contributed by atoms with Crippen molar-refractivity contribution in [3.05, 3.63) is 68.5 Å². The molecule has 0 atom stereocenters. The van der Waals surface area contributed by atoms with Gasteiger partial charge in [0.2, 0.25) is 0 Å². The van der Waals surface area contributed by atoms with E-state index in [1.807, 2.05) is 30.3 Å². The maximum atomic E-state index is 12.0. The number of nitrogens with one attached hydrogen (secondary N) is 1. The Kier molecular flexibility index (Phi) is 3.03. The molecule has 0 amide bonds. The maximum absolute atomic E-state index is 12.0. The number of fused-ring (bicyclic) bond motifs is 1. The molecule has 0 saturated heterocycles. The number of hydrogen-bond acceptors (Lipinski definition) is 1. The van der Waals surface area contributed by atoms with Crippen LogP contribution in [-0.4, -0.2) is 9.55 Å². The van der Waals surface area contributed by atoms with Gasteiger partial charge >= 0.3 is 5.69 Å². The summed E-state index contributed by atoms with van der Waals surface area (Å²) in [5.41, 5.74) is 4.04. The van der Waals surface area contributed by atoms with E-state index < -0.39 is 0 Å². The molecule has 0 bridgehead atoms. The van der Waals surface area contributed by atoms with Gasteiger partial charge in [-0.15, -0.1) is 0 Å². The first-order chi connectivity index (χ1) is 9.13. The standard InChI is InChI=1S/C15H13BrN2O/c1-10-3-2-4-11(7-10)9-18-14-6-5-12(16)8-13(14)17-15(18)19/h2-8H,9H2,1H3,(H,17,19). The van der Waals surface area contributed by atoms with Gasteiger partial charge in [0.25, 0.3) is 0 Å². The molecule has 0 aliphatic heterocycles. The lowest BCUT2D eigenvalue weighted by Crippen LogP contribution is -2.17. The molecule has 19 heavy (non-hydrogen) atoms. The van der Waals surface area contributed by atoms with Crippen molar-refractivity contribution < 1.29 is 0 Å². The van der Waals surface area contributed by atoms with Crippen LogP contribution in [0.25, 0.3) is 11.0 Å². The molecule has 1 N–H and O–H groups in total. The Morgan fingerprint density at radius 1 is 1.21 bits per heavy atom. The summed E-state index contributed by atoms with van der Waals surface area (Å²) >= 11 is 3.41. The second kappa shape index (κ2) is 4.70. The van der Waals surface area contributed by atoms with Crippen LogP contribution in [-0.2, 0) is 6.54 Å². The third-order valence-corrected chi connectivity index (χ3v) is 3.65. The minimum Gasteiger partial charge on any atom is -0.305 e. The topological polar surface area (TPSA) is 37.8 Å². The van der Waals surface area contributed by atoms with Crippen molar-refractivity contribution in [1.82, 2.24) is 9.55 Å². The van der Waals surface area contributed by atoms with E-state index in [9.17, 15) is 4.79 Å². The summed E-state index contributed by atoms with van der Waals surface area (Å²) in [4.78, 5) is 14.9. The van der Waals surface area contributed by atoms with Crippen LogP contribution < -0.4 is 5.69 Å². The summed E-state index contributed by atoms with van der Waals surface area (Å²) in [5, 5.41) is 0. The number of benzene rings is 2. The van der Waals surface area contributed by atoms with Gasteiger partial charge in [0.15, 0.2) is 0 Å². The summed E-state index contributed by atoms with van der Waals surface area (Å²) in [6.07, 6.45) is 0. The zero-order valence-electron chi connectivity index (χ0n) is 10.5. The van der Waals surface area contributed by atoms with Crippen molar-refractivity contribution >= 4 is 27.0 Å². The monoisotopic (exact) mass is 316 g/mol. The van der Waals surface area contributed by atoms with Crippen molar-refractivity contribution in [2.75, 3.05) is 0 Å². The van der Waals surface area contributed by atoms with E-state index in [4.69, 9.17) is 0 Å². The van der Waals surface area contributed by atoms with Gasteiger partial charge in [-0.25, -0.2) is 4.79 Å². The highest BCUT2D eigenvalue weighted by molar-refractivity contribution is 9.10. The number of aromatic amines is 1. The Hall–Kier alpha value is -1.81. The van der Waals surface area contributed by atoms with Gasteiger partial charge in [-0.1, -0.05) is 45.8 Å². The third kappa shape index (κ3) is 2.36. The van der Waals surface area contributed by atoms with Gasteiger partial charge in [0.05, 0.1) is 17.6 Å². The van der Waals surface area contributed by atoms with Crippen LogP contribution in [0.4, 0.5) is 0 Å². The van der Waals surface area contributed by atoms with Crippen molar-refractivity contribution in [2.45, 2.75) is 13.5 Å². The third-order valence-electron chi connectivity index (χ3n) is 3.16. The lowest BCUT2D eigenvalue weighted by Gasteiger charge is -2.04. The Bertz CT molecular complexity index is 801. The predicted octanol–water partition coefficient (Wildman–Crippen LogP) is 3.45. The molecule has 1 aromatic heterocycles. The first kappa shape index (κ1) is 12.2. The first-order valence-corrected chi connectivity index (χ1v) is 6.86. The zero-order valence-corrected chi connectivity index (χ0v) is 12.1. The molecule has 0 spiro atoms. The minimum atomic E-state index is -0.0744. The first-order valence-electron chi connectivity index (χ1n) is 6.07. The smallest absolute Gasteiger partial charge is 0.305 e. The molecule has 0 radical (unpaired) electrons. The van der Waals surface area contributed by atoms with Gasteiger partial charge in [-0.3, -0.25) is 4.57 Å². The molecule has 0 aliphatic carbocycles. The van der Waals surface area contributed by atoms with Gasteiger partial charge in [0.1, 0.15) is 0 Å². The van der Waals surface area contributed by atoms with Gasteiger partial charge < -0.3 is 4.98 Å². The molecule has 3 rings (SSSR count). The average Bonchev–Trinajstić information content (AvgIpc) is 2.65. The summed E-state index contributed by atoms with van der Waals surface area (Å²) in [5.74, 6) is 0. The van der Waals surface area contributed by atoms with Crippen LogP contribution in [0.15, 0.2) is 51.7 Å². The number of aromatic nitrogens is 2. The Balaban J connectivity index is 2.10. The number of aryl methyl sites for hydroxylation is 1. The van der Waals surface area contributed by atoms with Gasteiger partial charge in [-0.2, -0.15) is 0 Å². The molecular weight excluding hydrogens is 304 g/mol. The molecule has 0 unspecified atom stereocenters. The molecule has 96 valence electrons. The molecule has 3 aromatic rings. The van der Waals surface area contributed by atoms with E-state index in [1.165, 1.54) is 5.56 Å². The second-order valence-electron chi connectivity index (χ2n) is 4.67. The van der Waals surface area contributed by atoms with E-state index in [0.717, 1.165) is 21.1 Å². The van der Waals surface area contributed by atoms with E-state index in [-0.39, 0.29) is 5.69 Å². The van der Waals surface area contributed by atoms with Crippen LogP contribution in [0, 0.1) is 6.92 Å². The highest BCUT2D eigenvalue weighted by atomic mass is 79.9. The van der Waals surface area contributed by atoms with Crippen molar-refractivity contribution in [3.63, 3.8) is 0 Å². The van der Waals surface area contributed by atoms with Crippen LogP contribution in [0.5, 0.6) is 0 Å². The van der Waals surface area contributed by atoms with Crippen LogP contribution >= 0.6 is 15.9 Å². The lowest BCUT2D eigenvalue weighted by atomic mass is 10.1. The lowest BCUT2D eigenvalue weighted by molar-refractivity contribution is 0.786. The fraction of sp³-hybridized carbons (Fsp3) is 0.133. The summed E-state index contributed by atoms with van der Waals surface area (Å²) in [7, 11) is 0. The zero-order chi connectivity index (χ0) is 13.4. The molecular formula is C15H13BrN2O. The molecule has 0 aliphatic rings. The highest BCUT2D eigenvalue weighted by Crippen LogP contribution is 2.18. The largest absolute Gasteiger partial charge is 0.326 e. The summed E-state index contributed by atoms with van der Waals surface area (Å²) in [6, 6.07) is 14.0. The quantitative estimate of drug-likeness (QED) is 0.772. The molecule has 4 heteroatoms. The van der Waals surface area contributed by atoms with E-state index in [2.05, 4.69) is 40.0 Å². The van der Waals surface area contributed by atoms with Gasteiger partial charge in [0, 0.05) is 4.47 Å². The number of hydrogen-bond donors (Lipinski definition) is 1. The number of imidazole rings is 1. The summed E-state index contributed by atoms with van der Waals surface area (Å²) < 4.78 is 2.72. The molecule has 0 saturated carbocycles. The predicted molar refractivity (Wildman–Crippen MR) is 80.5 cm³/mol. The Morgan fingerprint density at radius 2 is 2.05 bits per heavy atom. The second-order valence-corrected chi connectivity index (χ2v) is 5.58. The van der Waals surface area contributed by atoms with Crippen LogP contribution in [0.3, 0.4) is 0 Å². The number of rotatable bonds is 2. The molecule has 0 fully saturated rings.